The van der Waals surface area contributed by atoms with Crippen molar-refractivity contribution in [2.45, 2.75) is 26.4 Å². The molecule has 1 N–H and O–H groups in total. The molecule has 1 aliphatic rings. The molecule has 9 heteroatoms. The van der Waals surface area contributed by atoms with Crippen molar-refractivity contribution >= 4 is 15.9 Å². The minimum absolute atomic E-state index is 0.139. The molecule has 2 aromatic heterocycles. The Morgan fingerprint density at radius 2 is 2.24 bits per heavy atom. The summed E-state index contributed by atoms with van der Waals surface area (Å²) in [6, 6.07) is 5.58. The maximum atomic E-state index is 12.8. The van der Waals surface area contributed by atoms with Crippen molar-refractivity contribution in [3.8, 4) is 0 Å². The number of aromatic nitrogens is 2. The van der Waals surface area contributed by atoms with Gasteiger partial charge in [-0.3, -0.25) is 4.79 Å². The van der Waals surface area contributed by atoms with Crippen molar-refractivity contribution in [3.05, 3.63) is 41.5 Å². The fourth-order valence-corrected chi connectivity index (χ4v) is 3.58. The lowest BCUT2D eigenvalue weighted by Gasteiger charge is -2.23. The van der Waals surface area contributed by atoms with Crippen LogP contribution in [-0.4, -0.2) is 48.3 Å². The van der Waals surface area contributed by atoms with Crippen LogP contribution in [0.2, 0.25) is 0 Å². The number of fused-ring (bicyclic) bond motifs is 1. The zero-order valence-corrected chi connectivity index (χ0v) is 15.1. The first-order chi connectivity index (χ1) is 11.8. The number of amides is 1. The number of hydrogen-bond donors (Lipinski definition) is 1. The molecule has 0 radical (unpaired) electrons. The second-order valence-electron chi connectivity index (χ2n) is 6.48. The fourth-order valence-electron chi connectivity index (χ4n) is 3.09. The van der Waals surface area contributed by atoms with Crippen LogP contribution >= 0.6 is 0 Å². The molecule has 25 heavy (non-hydrogen) atoms. The number of hydrogen-bond acceptors (Lipinski definition) is 5. The van der Waals surface area contributed by atoms with Crippen LogP contribution in [-0.2, 0) is 23.1 Å². The van der Waals surface area contributed by atoms with Crippen LogP contribution in [0.1, 0.15) is 28.4 Å². The molecule has 0 unspecified atom stereocenters. The van der Waals surface area contributed by atoms with E-state index in [1.807, 2.05) is 18.3 Å². The molecule has 0 saturated carbocycles. The van der Waals surface area contributed by atoms with Crippen LogP contribution in [0, 0.1) is 12.8 Å². The smallest absolute Gasteiger partial charge is 0.276 e. The molecule has 8 nitrogen and oxygen atoms in total. The van der Waals surface area contributed by atoms with E-state index in [0.717, 1.165) is 18.5 Å². The lowest BCUT2D eigenvalue weighted by Crippen LogP contribution is -2.35. The molecule has 0 spiro atoms. The molecule has 136 valence electrons. The van der Waals surface area contributed by atoms with E-state index in [0.29, 0.717) is 37.5 Å². The van der Waals surface area contributed by atoms with E-state index in [-0.39, 0.29) is 11.8 Å². The van der Waals surface area contributed by atoms with Gasteiger partial charge in [0.2, 0.25) is 10.0 Å². The van der Waals surface area contributed by atoms with E-state index >= 15 is 0 Å². The van der Waals surface area contributed by atoms with Crippen molar-refractivity contribution in [2.75, 3.05) is 19.3 Å². The molecule has 0 saturated heterocycles. The van der Waals surface area contributed by atoms with Gasteiger partial charge in [0.15, 0.2) is 5.69 Å². The lowest BCUT2D eigenvalue weighted by atomic mass is 10.1. The molecule has 3 rings (SSSR count). The fraction of sp³-hybridized carbons (Fsp3) is 0.500. The van der Waals surface area contributed by atoms with Gasteiger partial charge in [0, 0.05) is 37.6 Å². The molecule has 1 amide bonds. The standard InChI is InChI=1S/C16H22N4O4S/c1-12-8-15(18-24-12)16(21)20-10-13(5-6-17-25(2,22)23)9-19-7-3-4-14(19)11-20/h3-4,7-8,13,17H,5-6,9-11H2,1-2H3/t13-/m1/s1. The van der Waals surface area contributed by atoms with Gasteiger partial charge in [0.25, 0.3) is 5.91 Å². The molecule has 0 aromatic carbocycles. The first-order valence-corrected chi connectivity index (χ1v) is 10.0. The number of rotatable bonds is 5. The molecule has 2 aromatic rings. The van der Waals surface area contributed by atoms with Gasteiger partial charge in [0.05, 0.1) is 12.8 Å². The molecule has 1 atom stereocenters. The zero-order chi connectivity index (χ0) is 18.0. The number of nitrogens with one attached hydrogen (secondary N) is 1. The van der Waals surface area contributed by atoms with Crippen LogP contribution in [0.4, 0.5) is 0 Å². The van der Waals surface area contributed by atoms with E-state index in [4.69, 9.17) is 4.52 Å². The van der Waals surface area contributed by atoms with Crippen molar-refractivity contribution in [1.29, 1.82) is 0 Å². The summed E-state index contributed by atoms with van der Waals surface area (Å²) in [7, 11) is -3.21. The quantitative estimate of drug-likeness (QED) is 0.851. The second kappa shape index (κ2) is 7.01. The third-order valence-electron chi connectivity index (χ3n) is 4.26. The van der Waals surface area contributed by atoms with Gasteiger partial charge in [-0.1, -0.05) is 5.16 Å². The molecular formula is C16H22N4O4S. The Labute approximate surface area is 146 Å². The minimum atomic E-state index is -3.21. The summed E-state index contributed by atoms with van der Waals surface area (Å²) in [4.78, 5) is 14.5. The van der Waals surface area contributed by atoms with E-state index in [2.05, 4.69) is 14.4 Å². The van der Waals surface area contributed by atoms with Crippen LogP contribution in [0.25, 0.3) is 0 Å². The van der Waals surface area contributed by atoms with Crippen LogP contribution in [0.3, 0.4) is 0 Å². The van der Waals surface area contributed by atoms with Gasteiger partial charge in [-0.05, 0) is 31.4 Å². The summed E-state index contributed by atoms with van der Waals surface area (Å²) in [6.07, 6.45) is 3.78. The summed E-state index contributed by atoms with van der Waals surface area (Å²) in [5.74, 6) is 0.558. The van der Waals surface area contributed by atoms with Gasteiger partial charge in [-0.15, -0.1) is 0 Å². The summed E-state index contributed by atoms with van der Waals surface area (Å²) in [5, 5.41) is 3.82. The minimum Gasteiger partial charge on any atom is -0.361 e. The first kappa shape index (κ1) is 17.7. The van der Waals surface area contributed by atoms with Crippen molar-refractivity contribution in [1.82, 2.24) is 19.3 Å². The molecule has 1 aliphatic heterocycles. The Bertz CT molecular complexity index is 855. The normalized spacial score (nSPS) is 18.0. The monoisotopic (exact) mass is 366 g/mol. The number of nitrogens with zero attached hydrogens (tertiary/aromatic N) is 3. The number of carbonyl (C=O) groups excluding carboxylic acids is 1. The Balaban J connectivity index is 1.75. The van der Waals surface area contributed by atoms with Gasteiger partial charge < -0.3 is 14.0 Å². The van der Waals surface area contributed by atoms with Crippen LogP contribution in [0.5, 0.6) is 0 Å². The van der Waals surface area contributed by atoms with Crippen molar-refractivity contribution in [3.63, 3.8) is 0 Å². The summed E-state index contributed by atoms with van der Waals surface area (Å²) < 4.78 is 32.2. The Morgan fingerprint density at radius 1 is 1.44 bits per heavy atom. The maximum absolute atomic E-state index is 12.8. The highest BCUT2D eigenvalue weighted by Gasteiger charge is 2.27. The summed E-state index contributed by atoms with van der Waals surface area (Å²) in [5.41, 5.74) is 1.35. The third-order valence-corrected chi connectivity index (χ3v) is 4.99. The highest BCUT2D eigenvalue weighted by Crippen LogP contribution is 2.21. The van der Waals surface area contributed by atoms with Gasteiger partial charge >= 0.3 is 0 Å². The van der Waals surface area contributed by atoms with Crippen molar-refractivity contribution in [2.24, 2.45) is 5.92 Å². The lowest BCUT2D eigenvalue weighted by molar-refractivity contribution is 0.0708. The van der Waals surface area contributed by atoms with Crippen molar-refractivity contribution < 1.29 is 17.7 Å². The average molecular weight is 366 g/mol. The van der Waals surface area contributed by atoms with E-state index in [1.54, 1.807) is 17.9 Å². The van der Waals surface area contributed by atoms with Gasteiger partial charge in [0.1, 0.15) is 5.76 Å². The van der Waals surface area contributed by atoms with Gasteiger partial charge in [-0.25, -0.2) is 13.1 Å². The van der Waals surface area contributed by atoms with Crippen LogP contribution < -0.4 is 4.72 Å². The summed E-state index contributed by atoms with van der Waals surface area (Å²) in [6.45, 7) is 3.88. The molecule has 0 aliphatic carbocycles. The third kappa shape index (κ3) is 4.49. The predicted molar refractivity (Wildman–Crippen MR) is 91.4 cm³/mol. The van der Waals surface area contributed by atoms with Crippen LogP contribution in [0.15, 0.2) is 28.9 Å². The summed E-state index contributed by atoms with van der Waals surface area (Å²) >= 11 is 0. The number of aryl methyl sites for hydroxylation is 1. The molecular weight excluding hydrogens is 344 g/mol. The Morgan fingerprint density at radius 3 is 2.92 bits per heavy atom. The Hall–Kier alpha value is -2.13. The van der Waals surface area contributed by atoms with E-state index in [1.165, 1.54) is 0 Å². The molecule has 0 fully saturated rings. The maximum Gasteiger partial charge on any atom is 0.276 e. The molecule has 0 bridgehead atoms. The number of carbonyl (C=O) groups is 1. The topological polar surface area (TPSA) is 97.4 Å². The first-order valence-electron chi connectivity index (χ1n) is 8.13. The SMILES string of the molecule is Cc1cc(C(=O)N2Cc3cccn3C[C@@H](CCNS(C)(=O)=O)C2)no1. The van der Waals surface area contributed by atoms with E-state index < -0.39 is 10.0 Å². The largest absolute Gasteiger partial charge is 0.361 e. The van der Waals surface area contributed by atoms with E-state index in [9.17, 15) is 13.2 Å². The highest BCUT2D eigenvalue weighted by atomic mass is 32.2. The number of sulfonamides is 1. The van der Waals surface area contributed by atoms with Gasteiger partial charge in [-0.2, -0.15) is 0 Å². The Kier molecular flexibility index (Phi) is 4.96. The highest BCUT2D eigenvalue weighted by molar-refractivity contribution is 7.88. The average Bonchev–Trinajstić information content (AvgIpc) is 3.10. The second-order valence-corrected chi connectivity index (χ2v) is 8.31. The zero-order valence-electron chi connectivity index (χ0n) is 14.3. The molecule has 3 heterocycles. The predicted octanol–water partition coefficient (Wildman–Crippen LogP) is 0.996.